The molecule has 2 N–H and O–H groups in total. The summed E-state index contributed by atoms with van der Waals surface area (Å²) in [4.78, 5) is 4.63. The Morgan fingerprint density at radius 3 is 2.41 bits per heavy atom. The van der Waals surface area contributed by atoms with Crippen LogP contribution < -0.4 is 10.6 Å². The van der Waals surface area contributed by atoms with Crippen LogP contribution in [0.5, 0.6) is 0 Å². The van der Waals surface area contributed by atoms with Crippen LogP contribution in [-0.4, -0.2) is 47.7 Å². The monoisotopic (exact) mass is 533 g/mol. The van der Waals surface area contributed by atoms with Crippen LogP contribution in [0, 0.1) is 0 Å². The average Bonchev–Trinajstić information content (AvgIpc) is 3.13. The molecule has 0 saturated carbocycles. The molecular formula is C20H32IN5O2S. The highest BCUT2D eigenvalue weighted by Gasteiger charge is 2.28. The Bertz CT molecular complexity index is 875. The molecule has 7 nitrogen and oxygen atoms in total. The first-order valence-corrected chi connectivity index (χ1v) is 11.2. The molecule has 0 saturated heterocycles. The lowest BCUT2D eigenvalue weighted by molar-refractivity contribution is 0.559. The van der Waals surface area contributed by atoms with Crippen molar-refractivity contribution in [3.63, 3.8) is 0 Å². The molecule has 0 unspecified atom stereocenters. The van der Waals surface area contributed by atoms with Crippen LogP contribution in [0.4, 0.5) is 0 Å². The first kappa shape index (κ1) is 25.4. The van der Waals surface area contributed by atoms with Gasteiger partial charge in [-0.05, 0) is 44.9 Å². The SMILES string of the molecule is CCNC(=NCc1ccccc1Cn1cccn1)NCCS(=O)(=O)C(C)(C)C.I. The van der Waals surface area contributed by atoms with Gasteiger partial charge in [0.25, 0.3) is 0 Å². The van der Waals surface area contributed by atoms with E-state index >= 15 is 0 Å². The van der Waals surface area contributed by atoms with Crippen molar-refractivity contribution in [2.45, 2.75) is 45.5 Å². The standard InChI is InChI=1S/C20H31N5O2S.HI/c1-5-21-19(22-12-14-28(26,27)20(2,3)4)23-15-17-9-6-7-10-18(17)16-25-13-8-11-24-25;/h6-11,13H,5,12,14-16H2,1-4H3,(H2,21,22,23);1H. The molecule has 162 valence electrons. The average molecular weight is 533 g/mol. The molecule has 0 bridgehead atoms. The first-order valence-electron chi connectivity index (χ1n) is 9.51. The van der Waals surface area contributed by atoms with Gasteiger partial charge in [-0.25, -0.2) is 13.4 Å². The molecule has 1 aromatic heterocycles. The Morgan fingerprint density at radius 1 is 1.14 bits per heavy atom. The van der Waals surface area contributed by atoms with E-state index in [9.17, 15) is 8.42 Å². The summed E-state index contributed by atoms with van der Waals surface area (Å²) in [5, 5.41) is 10.6. The highest BCUT2D eigenvalue weighted by atomic mass is 127. The Hall–Kier alpha value is -1.62. The number of hydrogen-bond donors (Lipinski definition) is 2. The lowest BCUT2D eigenvalue weighted by Crippen LogP contribution is -2.41. The fourth-order valence-corrected chi connectivity index (χ4v) is 3.53. The lowest BCUT2D eigenvalue weighted by atomic mass is 10.1. The number of halogens is 1. The number of nitrogens with one attached hydrogen (secondary N) is 2. The molecular weight excluding hydrogens is 501 g/mol. The third-order valence-corrected chi connectivity index (χ3v) is 6.97. The van der Waals surface area contributed by atoms with E-state index in [0.29, 0.717) is 32.1 Å². The minimum absolute atomic E-state index is 0. The van der Waals surface area contributed by atoms with Crippen molar-refractivity contribution < 1.29 is 8.42 Å². The van der Waals surface area contributed by atoms with Crippen molar-refractivity contribution in [1.82, 2.24) is 20.4 Å². The van der Waals surface area contributed by atoms with Crippen LogP contribution in [0.3, 0.4) is 0 Å². The van der Waals surface area contributed by atoms with Gasteiger partial charge in [-0.2, -0.15) is 5.10 Å². The summed E-state index contributed by atoms with van der Waals surface area (Å²) in [5.41, 5.74) is 2.26. The van der Waals surface area contributed by atoms with Gasteiger partial charge in [-0.3, -0.25) is 4.68 Å². The Balaban J connectivity index is 0.00000420. The molecule has 2 rings (SSSR count). The van der Waals surface area contributed by atoms with Gasteiger partial charge < -0.3 is 10.6 Å². The van der Waals surface area contributed by atoms with E-state index in [1.165, 1.54) is 0 Å². The van der Waals surface area contributed by atoms with Crippen LogP contribution in [0.15, 0.2) is 47.7 Å². The van der Waals surface area contributed by atoms with Gasteiger partial charge in [0.15, 0.2) is 15.8 Å². The molecule has 0 aliphatic heterocycles. The van der Waals surface area contributed by atoms with Crippen molar-refractivity contribution in [1.29, 1.82) is 0 Å². The van der Waals surface area contributed by atoms with Gasteiger partial charge in [0.1, 0.15) is 0 Å². The predicted molar refractivity (Wildman–Crippen MR) is 130 cm³/mol. The predicted octanol–water partition coefficient (Wildman–Crippen LogP) is 2.82. The first-order chi connectivity index (χ1) is 13.2. The van der Waals surface area contributed by atoms with Crippen molar-refractivity contribution in [2.75, 3.05) is 18.8 Å². The summed E-state index contributed by atoms with van der Waals surface area (Å²) >= 11 is 0. The van der Waals surface area contributed by atoms with E-state index in [1.807, 2.05) is 36.0 Å². The molecule has 0 aliphatic rings. The third kappa shape index (κ3) is 7.96. The maximum atomic E-state index is 12.3. The molecule has 0 radical (unpaired) electrons. The number of aromatic nitrogens is 2. The molecule has 0 amide bonds. The number of rotatable bonds is 8. The number of aliphatic imine (C=N–C) groups is 1. The fraction of sp³-hybridized carbons (Fsp3) is 0.500. The van der Waals surface area contributed by atoms with Crippen LogP contribution in [0.2, 0.25) is 0 Å². The number of benzene rings is 1. The second kappa shape index (κ2) is 11.5. The normalized spacial score (nSPS) is 12.3. The van der Waals surface area contributed by atoms with Gasteiger partial charge in [0.05, 0.1) is 23.6 Å². The third-order valence-electron chi connectivity index (χ3n) is 4.36. The molecule has 0 atom stereocenters. The summed E-state index contributed by atoms with van der Waals surface area (Å²) in [7, 11) is -3.17. The van der Waals surface area contributed by atoms with Gasteiger partial charge >= 0.3 is 0 Å². The zero-order valence-corrected chi connectivity index (χ0v) is 20.7. The van der Waals surface area contributed by atoms with E-state index in [-0.39, 0.29) is 29.7 Å². The zero-order chi connectivity index (χ0) is 20.6. The molecule has 1 aromatic carbocycles. The molecule has 29 heavy (non-hydrogen) atoms. The number of nitrogens with zero attached hydrogens (tertiary/aromatic N) is 3. The fourth-order valence-electron chi connectivity index (χ4n) is 2.55. The zero-order valence-electron chi connectivity index (χ0n) is 17.6. The molecule has 2 aromatic rings. The maximum absolute atomic E-state index is 12.3. The summed E-state index contributed by atoms with van der Waals surface area (Å²) < 4.78 is 25.6. The van der Waals surface area contributed by atoms with Crippen molar-refractivity contribution >= 4 is 39.8 Å². The molecule has 9 heteroatoms. The maximum Gasteiger partial charge on any atom is 0.191 e. The quantitative estimate of drug-likeness (QED) is 0.310. The number of hydrogen-bond acceptors (Lipinski definition) is 4. The van der Waals surface area contributed by atoms with E-state index in [0.717, 1.165) is 11.1 Å². The summed E-state index contributed by atoms with van der Waals surface area (Å²) in [6, 6.07) is 10.0. The number of guanidine groups is 1. The Kier molecular flexibility index (Phi) is 10.1. The van der Waals surface area contributed by atoms with Gasteiger partial charge in [0, 0.05) is 25.5 Å². The smallest absolute Gasteiger partial charge is 0.191 e. The van der Waals surface area contributed by atoms with E-state index in [1.54, 1.807) is 27.0 Å². The molecule has 0 fully saturated rings. The van der Waals surface area contributed by atoms with Crippen LogP contribution in [0.25, 0.3) is 0 Å². The van der Waals surface area contributed by atoms with Crippen LogP contribution in [-0.2, 0) is 22.9 Å². The van der Waals surface area contributed by atoms with Crippen LogP contribution >= 0.6 is 24.0 Å². The van der Waals surface area contributed by atoms with E-state index in [4.69, 9.17) is 0 Å². The molecule has 1 heterocycles. The van der Waals surface area contributed by atoms with Gasteiger partial charge in [0.2, 0.25) is 0 Å². The summed E-state index contributed by atoms with van der Waals surface area (Å²) in [6.07, 6.45) is 3.70. The largest absolute Gasteiger partial charge is 0.357 e. The Morgan fingerprint density at radius 2 is 1.83 bits per heavy atom. The minimum Gasteiger partial charge on any atom is -0.357 e. The lowest BCUT2D eigenvalue weighted by Gasteiger charge is -2.20. The molecule has 0 spiro atoms. The van der Waals surface area contributed by atoms with E-state index < -0.39 is 14.6 Å². The number of sulfone groups is 1. The van der Waals surface area contributed by atoms with Gasteiger partial charge in [-0.1, -0.05) is 24.3 Å². The summed E-state index contributed by atoms with van der Waals surface area (Å²) in [5.74, 6) is 0.678. The Labute approximate surface area is 191 Å². The highest BCUT2D eigenvalue weighted by Crippen LogP contribution is 2.15. The van der Waals surface area contributed by atoms with E-state index in [2.05, 4.69) is 32.9 Å². The second-order valence-electron chi connectivity index (χ2n) is 7.53. The topological polar surface area (TPSA) is 88.4 Å². The van der Waals surface area contributed by atoms with Crippen molar-refractivity contribution in [3.8, 4) is 0 Å². The second-order valence-corrected chi connectivity index (χ2v) is 10.4. The molecule has 0 aliphatic carbocycles. The minimum atomic E-state index is -3.17. The van der Waals surface area contributed by atoms with Crippen molar-refractivity contribution in [3.05, 3.63) is 53.9 Å². The summed E-state index contributed by atoms with van der Waals surface area (Å²) in [6.45, 7) is 9.35. The highest BCUT2D eigenvalue weighted by molar-refractivity contribution is 14.0. The van der Waals surface area contributed by atoms with Crippen molar-refractivity contribution in [2.24, 2.45) is 4.99 Å². The van der Waals surface area contributed by atoms with Crippen LogP contribution in [0.1, 0.15) is 38.8 Å². The van der Waals surface area contributed by atoms with Gasteiger partial charge in [-0.15, -0.1) is 24.0 Å².